The summed E-state index contributed by atoms with van der Waals surface area (Å²) in [6.07, 6.45) is 0. The molecule has 21 heavy (non-hydrogen) atoms. The molecule has 2 aromatic carbocycles. The third kappa shape index (κ3) is 4.17. The van der Waals surface area contributed by atoms with Crippen LogP contribution in [0.3, 0.4) is 0 Å². The minimum atomic E-state index is 0.440. The molecule has 7 nitrogen and oxygen atoms in total. The summed E-state index contributed by atoms with van der Waals surface area (Å²) in [6, 6.07) is 10.5. The highest BCUT2D eigenvalue weighted by Crippen LogP contribution is 2.33. The Labute approximate surface area is 125 Å². The normalized spacial score (nSPS) is 11.1. The molecule has 0 saturated heterocycles. The molecule has 0 unspecified atom stereocenters. The minimum Gasteiger partial charge on any atom is -0.399 e. The molecule has 0 bridgehead atoms. The maximum Gasteiger partial charge on any atom is 0.109 e. The molecule has 5 N–H and O–H groups in total. The second-order valence-electron chi connectivity index (χ2n) is 4.22. The molecule has 0 aromatic heterocycles. The number of hydrogen-bond donors (Lipinski definition) is 3. The van der Waals surface area contributed by atoms with Gasteiger partial charge in [0.1, 0.15) is 11.4 Å². The van der Waals surface area contributed by atoms with Crippen molar-refractivity contribution in [2.45, 2.75) is 11.8 Å². The molecule has 110 valence electrons. The number of azo groups is 1. The number of rotatable bonds is 5. The van der Waals surface area contributed by atoms with Gasteiger partial charge in [0.15, 0.2) is 0 Å². The largest absolute Gasteiger partial charge is 0.399 e. The van der Waals surface area contributed by atoms with Crippen molar-refractivity contribution in [2.24, 2.45) is 10.2 Å². The van der Waals surface area contributed by atoms with E-state index in [1.54, 1.807) is 24.3 Å². The van der Waals surface area contributed by atoms with Crippen molar-refractivity contribution in [3.8, 4) is 0 Å². The number of nitrogen functional groups attached to an aromatic ring is 2. The Hall–Kier alpha value is -2.13. The van der Waals surface area contributed by atoms with E-state index in [9.17, 15) is 0 Å². The fraction of sp³-hybridized carbons (Fsp3) is 0.0769. The molecule has 0 spiro atoms. The predicted octanol–water partition coefficient (Wildman–Crippen LogP) is 4.00. The lowest BCUT2D eigenvalue weighted by Crippen LogP contribution is -1.89. The van der Waals surface area contributed by atoms with E-state index in [2.05, 4.69) is 19.6 Å². The van der Waals surface area contributed by atoms with Gasteiger partial charge in [0.25, 0.3) is 0 Å². The first-order valence-corrected chi connectivity index (χ1v) is 6.66. The van der Waals surface area contributed by atoms with E-state index < -0.39 is 0 Å². The van der Waals surface area contributed by atoms with Gasteiger partial charge < -0.3 is 11.5 Å². The molecule has 0 heterocycles. The summed E-state index contributed by atoms with van der Waals surface area (Å²) >= 11 is 0.826. The summed E-state index contributed by atoms with van der Waals surface area (Å²) in [4.78, 5) is 0.641. The Bertz CT molecular complexity index is 664. The zero-order valence-corrected chi connectivity index (χ0v) is 12.0. The lowest BCUT2D eigenvalue weighted by molar-refractivity contribution is -0.432. The fourth-order valence-electron chi connectivity index (χ4n) is 1.59. The monoisotopic (exact) mass is 306 g/mol. The highest BCUT2D eigenvalue weighted by molar-refractivity contribution is 7.94. The van der Waals surface area contributed by atoms with Crippen LogP contribution in [0.15, 0.2) is 51.5 Å². The lowest BCUT2D eigenvalue weighted by atomic mass is 10.2. The van der Waals surface area contributed by atoms with E-state index in [1.807, 2.05) is 19.1 Å². The quantitative estimate of drug-likeness (QED) is 0.253. The maximum atomic E-state index is 8.23. The molecule has 0 aliphatic carbocycles. The van der Waals surface area contributed by atoms with Crippen molar-refractivity contribution in [1.29, 1.82) is 0 Å². The van der Waals surface area contributed by atoms with Crippen LogP contribution in [0.5, 0.6) is 0 Å². The Morgan fingerprint density at radius 3 is 2.48 bits per heavy atom. The van der Waals surface area contributed by atoms with E-state index >= 15 is 0 Å². The molecule has 0 atom stereocenters. The number of anilines is 2. The molecule has 0 radical (unpaired) electrons. The summed E-state index contributed by atoms with van der Waals surface area (Å²) in [5.41, 5.74) is 14.5. The first-order chi connectivity index (χ1) is 10.1. The van der Waals surface area contributed by atoms with Crippen LogP contribution in [-0.4, -0.2) is 5.26 Å². The number of hydrogen-bond acceptors (Lipinski definition) is 8. The summed E-state index contributed by atoms with van der Waals surface area (Å²) in [5.74, 6) is 0. The number of benzene rings is 2. The SMILES string of the molecule is Cc1ccc(N=Nc2ccc(N)cc2N)c(SOOO)c1. The standard InChI is InChI=1S/C13H14N4O3S/c1-8-2-4-12(13(6-8)21-20-19-18)17-16-11-5-3-9(14)7-10(11)15/h2-7,18H,14-15H2,1H3. The van der Waals surface area contributed by atoms with Crippen molar-refractivity contribution in [3.63, 3.8) is 0 Å². The first-order valence-electron chi connectivity index (χ1n) is 5.92. The van der Waals surface area contributed by atoms with Crippen LogP contribution in [0, 0.1) is 6.92 Å². The smallest absolute Gasteiger partial charge is 0.109 e. The maximum absolute atomic E-state index is 8.23. The Morgan fingerprint density at radius 2 is 1.76 bits per heavy atom. The molecule has 0 aliphatic heterocycles. The van der Waals surface area contributed by atoms with Gasteiger partial charge in [-0.25, -0.2) is 5.26 Å². The van der Waals surface area contributed by atoms with Crippen molar-refractivity contribution in [1.82, 2.24) is 0 Å². The summed E-state index contributed by atoms with van der Waals surface area (Å²) < 4.78 is 4.44. The second-order valence-corrected chi connectivity index (χ2v) is 4.96. The van der Waals surface area contributed by atoms with Crippen LogP contribution in [-0.2, 0) is 9.37 Å². The summed E-state index contributed by atoms with van der Waals surface area (Å²) in [5, 5.41) is 20.0. The van der Waals surface area contributed by atoms with Gasteiger partial charge in [0.2, 0.25) is 0 Å². The summed E-state index contributed by atoms with van der Waals surface area (Å²) in [7, 11) is 0. The van der Waals surface area contributed by atoms with Crippen LogP contribution in [0.2, 0.25) is 0 Å². The van der Waals surface area contributed by atoms with Crippen molar-refractivity contribution < 1.29 is 14.6 Å². The van der Waals surface area contributed by atoms with Crippen LogP contribution < -0.4 is 11.5 Å². The number of aryl methyl sites for hydroxylation is 1. The molecule has 0 aliphatic rings. The first kappa shape index (κ1) is 15.3. The fourth-order valence-corrected chi connectivity index (χ4v) is 2.13. The second kappa shape index (κ2) is 7.04. The van der Waals surface area contributed by atoms with E-state index in [4.69, 9.17) is 16.7 Å². The number of nitrogens with two attached hydrogens (primary N) is 2. The average Bonchev–Trinajstić information content (AvgIpc) is 2.45. The van der Waals surface area contributed by atoms with Crippen molar-refractivity contribution in [3.05, 3.63) is 42.0 Å². The van der Waals surface area contributed by atoms with Crippen LogP contribution in [0.1, 0.15) is 5.56 Å². The zero-order valence-electron chi connectivity index (χ0n) is 11.2. The van der Waals surface area contributed by atoms with E-state index in [-0.39, 0.29) is 0 Å². The topological polar surface area (TPSA) is 115 Å². The van der Waals surface area contributed by atoms with Crippen molar-refractivity contribution in [2.75, 3.05) is 11.5 Å². The van der Waals surface area contributed by atoms with Crippen LogP contribution in [0.25, 0.3) is 0 Å². The van der Waals surface area contributed by atoms with Crippen LogP contribution in [0.4, 0.5) is 22.7 Å². The lowest BCUT2D eigenvalue weighted by Gasteiger charge is -2.04. The van der Waals surface area contributed by atoms with Gasteiger partial charge in [-0.05, 0) is 42.8 Å². The van der Waals surface area contributed by atoms with Gasteiger partial charge in [0.05, 0.1) is 22.6 Å². The molecule has 0 fully saturated rings. The molecule has 0 saturated carbocycles. The van der Waals surface area contributed by atoms with Crippen molar-refractivity contribution >= 4 is 34.8 Å². The average molecular weight is 306 g/mol. The van der Waals surface area contributed by atoms with Gasteiger partial charge in [-0.3, -0.25) is 0 Å². The predicted molar refractivity (Wildman–Crippen MR) is 81.3 cm³/mol. The van der Waals surface area contributed by atoms with Gasteiger partial charge in [-0.15, -0.1) is 14.6 Å². The minimum absolute atomic E-state index is 0.440. The molecular weight excluding hydrogens is 292 g/mol. The number of nitrogens with zero attached hydrogens (tertiary/aromatic N) is 2. The molecule has 2 rings (SSSR count). The van der Waals surface area contributed by atoms with Gasteiger partial charge in [0, 0.05) is 5.69 Å². The van der Waals surface area contributed by atoms with Gasteiger partial charge in [-0.1, -0.05) is 11.1 Å². The van der Waals surface area contributed by atoms with Gasteiger partial charge in [-0.2, -0.15) is 0 Å². The highest BCUT2D eigenvalue weighted by atomic mass is 32.2. The summed E-state index contributed by atoms with van der Waals surface area (Å²) in [6.45, 7) is 1.92. The molecule has 0 amide bonds. The highest BCUT2D eigenvalue weighted by Gasteiger charge is 2.05. The molecule has 2 aromatic rings. The van der Waals surface area contributed by atoms with E-state index in [0.717, 1.165) is 17.6 Å². The van der Waals surface area contributed by atoms with Crippen LogP contribution >= 0.6 is 12.0 Å². The third-order valence-electron chi connectivity index (χ3n) is 2.59. The van der Waals surface area contributed by atoms with E-state index in [1.165, 1.54) is 0 Å². The third-order valence-corrected chi connectivity index (χ3v) is 3.22. The van der Waals surface area contributed by atoms with Gasteiger partial charge >= 0.3 is 0 Å². The Balaban J connectivity index is 2.27. The zero-order chi connectivity index (χ0) is 15.2. The Morgan fingerprint density at radius 1 is 1.05 bits per heavy atom. The molecular formula is C13H14N4O3S. The Kier molecular flexibility index (Phi) is 5.12. The van der Waals surface area contributed by atoms with E-state index in [0.29, 0.717) is 27.6 Å². The molecule has 8 heteroatoms.